The van der Waals surface area contributed by atoms with E-state index in [1.807, 2.05) is 31.2 Å². The molecule has 0 radical (unpaired) electrons. The Balaban J connectivity index is 0.000000281. The molecule has 0 aromatic heterocycles. The Labute approximate surface area is 96.4 Å². The minimum Gasteiger partial charge on any atom is -0.405 e. The fraction of sp³-hybridized carbons (Fsp3) is 0.0769. The molecule has 1 aliphatic carbocycles. The molecule has 0 bridgehead atoms. The Morgan fingerprint density at radius 2 is 1.44 bits per heavy atom. The molecule has 0 aliphatic heterocycles. The van der Waals surface area contributed by atoms with E-state index in [0.717, 1.165) is 0 Å². The lowest BCUT2D eigenvalue weighted by Crippen LogP contribution is -2.06. The summed E-state index contributed by atoms with van der Waals surface area (Å²) in [4.78, 5) is 0. The van der Waals surface area contributed by atoms with Crippen LogP contribution in [0.1, 0.15) is 6.92 Å². The third-order valence-electron chi connectivity index (χ3n) is 1.56. The van der Waals surface area contributed by atoms with Gasteiger partial charge in [0, 0.05) is 0 Å². The number of hydrogen-bond acceptors (Lipinski definition) is 3. The lowest BCUT2D eigenvalue weighted by molar-refractivity contribution is 1.49. The standard InChI is InChI=1S/C7H11N.C6H6N2/c1-2-3-4-5-6-7-8;7-5-3-1-2-4-6(5)8/h2-7H,8H2,1H3;1-4,7-8H/b3-2-,5-4-,7-6+;. The topological polar surface area (TPSA) is 73.7 Å². The molecule has 16 heavy (non-hydrogen) atoms. The van der Waals surface area contributed by atoms with Crippen molar-refractivity contribution in [3.63, 3.8) is 0 Å². The molecule has 0 aromatic rings. The summed E-state index contributed by atoms with van der Waals surface area (Å²) in [7, 11) is 0. The molecular formula is C13H17N3. The second kappa shape index (κ2) is 9.40. The summed E-state index contributed by atoms with van der Waals surface area (Å²) in [5, 5.41) is 14.1. The molecular weight excluding hydrogens is 198 g/mol. The highest BCUT2D eigenvalue weighted by atomic mass is 14.5. The van der Waals surface area contributed by atoms with E-state index in [1.165, 1.54) is 6.20 Å². The van der Waals surface area contributed by atoms with Crippen LogP contribution in [0.3, 0.4) is 0 Å². The summed E-state index contributed by atoms with van der Waals surface area (Å²) < 4.78 is 0. The first-order valence-corrected chi connectivity index (χ1v) is 4.90. The number of rotatable bonds is 2. The predicted molar refractivity (Wildman–Crippen MR) is 71.0 cm³/mol. The van der Waals surface area contributed by atoms with E-state index in [1.54, 1.807) is 30.4 Å². The average molecular weight is 215 g/mol. The van der Waals surface area contributed by atoms with Crippen LogP contribution in [0.15, 0.2) is 60.9 Å². The first-order valence-electron chi connectivity index (χ1n) is 4.90. The summed E-state index contributed by atoms with van der Waals surface area (Å²) in [5.74, 6) is 0. The molecule has 0 heterocycles. The first-order chi connectivity index (χ1) is 7.72. The summed E-state index contributed by atoms with van der Waals surface area (Å²) in [6, 6.07) is 0. The maximum atomic E-state index is 7.03. The molecule has 0 amide bonds. The third kappa shape index (κ3) is 7.26. The summed E-state index contributed by atoms with van der Waals surface area (Å²) in [6.45, 7) is 1.97. The van der Waals surface area contributed by atoms with Crippen molar-refractivity contribution in [3.05, 3.63) is 60.9 Å². The van der Waals surface area contributed by atoms with Crippen molar-refractivity contribution in [3.8, 4) is 0 Å². The van der Waals surface area contributed by atoms with E-state index >= 15 is 0 Å². The highest BCUT2D eigenvalue weighted by Gasteiger charge is 1.97. The summed E-state index contributed by atoms with van der Waals surface area (Å²) in [6.07, 6.45) is 17.7. The third-order valence-corrected chi connectivity index (χ3v) is 1.56. The second-order valence-electron chi connectivity index (χ2n) is 2.84. The Bertz CT molecular complexity index is 333. The van der Waals surface area contributed by atoms with Gasteiger partial charge in [0.2, 0.25) is 0 Å². The van der Waals surface area contributed by atoms with Crippen LogP contribution in [0.25, 0.3) is 0 Å². The zero-order chi connectivity index (χ0) is 12.2. The Morgan fingerprint density at radius 3 is 1.81 bits per heavy atom. The molecule has 84 valence electrons. The van der Waals surface area contributed by atoms with Crippen LogP contribution >= 0.6 is 0 Å². The molecule has 3 nitrogen and oxygen atoms in total. The molecule has 0 spiro atoms. The zero-order valence-corrected chi connectivity index (χ0v) is 9.35. The molecule has 3 heteroatoms. The largest absolute Gasteiger partial charge is 0.405 e. The lowest BCUT2D eigenvalue weighted by Gasteiger charge is -1.96. The van der Waals surface area contributed by atoms with Gasteiger partial charge in [-0.05, 0) is 31.4 Å². The lowest BCUT2D eigenvalue weighted by atomic mass is 10.1. The van der Waals surface area contributed by atoms with Gasteiger partial charge < -0.3 is 5.73 Å². The van der Waals surface area contributed by atoms with Gasteiger partial charge in [0.1, 0.15) is 0 Å². The average Bonchev–Trinajstić information content (AvgIpc) is 2.30. The highest BCUT2D eigenvalue weighted by molar-refractivity contribution is 6.48. The minimum absolute atomic E-state index is 0.285. The van der Waals surface area contributed by atoms with Crippen molar-refractivity contribution in [2.75, 3.05) is 0 Å². The molecule has 0 saturated carbocycles. The van der Waals surface area contributed by atoms with Gasteiger partial charge in [-0.15, -0.1) is 0 Å². The van der Waals surface area contributed by atoms with E-state index in [2.05, 4.69) is 0 Å². The quantitative estimate of drug-likeness (QED) is 0.481. The monoisotopic (exact) mass is 215 g/mol. The van der Waals surface area contributed by atoms with Crippen molar-refractivity contribution in [2.45, 2.75) is 6.92 Å². The van der Waals surface area contributed by atoms with Gasteiger partial charge in [0.25, 0.3) is 0 Å². The van der Waals surface area contributed by atoms with Gasteiger partial charge in [-0.1, -0.05) is 36.5 Å². The second-order valence-corrected chi connectivity index (χ2v) is 2.84. The van der Waals surface area contributed by atoms with E-state index < -0.39 is 0 Å². The van der Waals surface area contributed by atoms with Gasteiger partial charge in [-0.3, -0.25) is 10.8 Å². The van der Waals surface area contributed by atoms with E-state index in [4.69, 9.17) is 16.6 Å². The minimum atomic E-state index is 0.285. The number of nitrogens with two attached hydrogens (primary N) is 1. The maximum absolute atomic E-state index is 7.03. The Morgan fingerprint density at radius 1 is 0.938 bits per heavy atom. The van der Waals surface area contributed by atoms with E-state index in [0.29, 0.717) is 0 Å². The highest BCUT2D eigenvalue weighted by Crippen LogP contribution is 1.91. The van der Waals surface area contributed by atoms with Crippen LogP contribution in [0.4, 0.5) is 0 Å². The zero-order valence-electron chi connectivity index (χ0n) is 9.35. The first kappa shape index (κ1) is 13.8. The van der Waals surface area contributed by atoms with E-state index in [9.17, 15) is 0 Å². The van der Waals surface area contributed by atoms with E-state index in [-0.39, 0.29) is 11.4 Å². The van der Waals surface area contributed by atoms with Gasteiger partial charge in [0.15, 0.2) is 0 Å². The normalized spacial score (nSPS) is 15.1. The smallest absolute Gasteiger partial charge is 0.0789 e. The van der Waals surface area contributed by atoms with Gasteiger partial charge in [0.05, 0.1) is 11.4 Å². The van der Waals surface area contributed by atoms with Crippen LogP contribution in [0.5, 0.6) is 0 Å². The van der Waals surface area contributed by atoms with Crippen molar-refractivity contribution in [2.24, 2.45) is 5.73 Å². The molecule has 1 rings (SSSR count). The van der Waals surface area contributed by atoms with Gasteiger partial charge in [-0.25, -0.2) is 0 Å². The van der Waals surface area contributed by atoms with Crippen LogP contribution in [0, 0.1) is 10.8 Å². The molecule has 0 unspecified atom stereocenters. The van der Waals surface area contributed by atoms with Crippen molar-refractivity contribution >= 4 is 11.4 Å². The number of allylic oxidation sites excluding steroid dienone is 9. The fourth-order valence-electron chi connectivity index (χ4n) is 0.787. The van der Waals surface area contributed by atoms with Gasteiger partial charge >= 0.3 is 0 Å². The maximum Gasteiger partial charge on any atom is 0.0789 e. The molecule has 0 atom stereocenters. The molecule has 4 N–H and O–H groups in total. The Hall–Kier alpha value is -2.16. The number of hydrogen-bond donors (Lipinski definition) is 3. The SMILES string of the molecule is C\C=C/C=C\C=C\N.N=C1C=CC=CC1=N. The molecule has 0 fully saturated rings. The van der Waals surface area contributed by atoms with Crippen molar-refractivity contribution in [1.29, 1.82) is 10.8 Å². The fourth-order valence-corrected chi connectivity index (χ4v) is 0.787. The molecule has 0 saturated heterocycles. The number of nitrogens with one attached hydrogen (secondary N) is 2. The van der Waals surface area contributed by atoms with Crippen LogP contribution < -0.4 is 5.73 Å². The Kier molecular flexibility index (Phi) is 8.13. The van der Waals surface area contributed by atoms with Gasteiger partial charge in [-0.2, -0.15) is 0 Å². The molecule has 0 aromatic carbocycles. The molecule has 1 aliphatic rings. The van der Waals surface area contributed by atoms with Crippen LogP contribution in [-0.2, 0) is 0 Å². The van der Waals surface area contributed by atoms with Crippen LogP contribution in [0.2, 0.25) is 0 Å². The summed E-state index contributed by atoms with van der Waals surface area (Å²) in [5.41, 5.74) is 5.62. The predicted octanol–water partition coefficient (Wildman–Crippen LogP) is 2.74. The van der Waals surface area contributed by atoms with Crippen molar-refractivity contribution < 1.29 is 0 Å². The van der Waals surface area contributed by atoms with Crippen LogP contribution in [-0.4, -0.2) is 11.4 Å². The summed E-state index contributed by atoms with van der Waals surface area (Å²) >= 11 is 0. The van der Waals surface area contributed by atoms with Crippen molar-refractivity contribution in [1.82, 2.24) is 0 Å².